The van der Waals surface area contributed by atoms with Crippen LogP contribution in [0.15, 0.2) is 60.7 Å². The number of hydrogen-bond acceptors (Lipinski definition) is 6. The van der Waals surface area contributed by atoms with E-state index in [0.29, 0.717) is 35.4 Å². The molecule has 0 unspecified atom stereocenters. The molecule has 0 fully saturated rings. The third-order valence-corrected chi connectivity index (χ3v) is 4.69. The Morgan fingerprint density at radius 3 is 1.91 bits per heavy atom. The van der Waals surface area contributed by atoms with Crippen LogP contribution in [0.2, 0.25) is 0 Å². The molecule has 0 aromatic heterocycles. The summed E-state index contributed by atoms with van der Waals surface area (Å²) >= 11 is 0. The summed E-state index contributed by atoms with van der Waals surface area (Å²) in [5, 5.41) is 0. The summed E-state index contributed by atoms with van der Waals surface area (Å²) in [5.41, 5.74) is 2.93. The molecule has 0 radical (unpaired) electrons. The van der Waals surface area contributed by atoms with Crippen molar-refractivity contribution in [2.24, 2.45) is 0 Å². The summed E-state index contributed by atoms with van der Waals surface area (Å²) in [7, 11) is 6.36. The molecule has 0 atom stereocenters. The van der Waals surface area contributed by atoms with Crippen LogP contribution in [0.5, 0.6) is 28.7 Å². The molecule has 0 bridgehead atoms. The van der Waals surface area contributed by atoms with E-state index in [1.807, 2.05) is 72.8 Å². The Morgan fingerprint density at radius 1 is 0.625 bits per heavy atom. The van der Waals surface area contributed by atoms with E-state index in [0.717, 1.165) is 16.7 Å². The minimum Gasteiger partial charge on any atom is -0.493 e. The lowest BCUT2D eigenvalue weighted by molar-refractivity contribution is 0.0484. The average Bonchev–Trinajstić information content (AvgIpc) is 2.85. The van der Waals surface area contributed by atoms with Crippen molar-refractivity contribution in [2.45, 2.75) is 6.61 Å². The Morgan fingerprint density at radius 2 is 1.28 bits per heavy atom. The maximum Gasteiger partial charge on any atom is 0.203 e. The lowest BCUT2D eigenvalue weighted by atomic mass is 10.1. The highest BCUT2D eigenvalue weighted by molar-refractivity contribution is 5.73. The molecule has 0 amide bonds. The van der Waals surface area contributed by atoms with Crippen LogP contribution in [0.1, 0.15) is 16.7 Å². The Hall–Kier alpha value is -3.64. The van der Waals surface area contributed by atoms with E-state index < -0.39 is 0 Å². The van der Waals surface area contributed by atoms with Crippen LogP contribution < -0.4 is 23.7 Å². The van der Waals surface area contributed by atoms with Gasteiger partial charge in [-0.2, -0.15) is 0 Å². The molecule has 6 nitrogen and oxygen atoms in total. The van der Waals surface area contributed by atoms with Crippen LogP contribution in [0.25, 0.3) is 12.2 Å². The van der Waals surface area contributed by atoms with Gasteiger partial charge in [0.25, 0.3) is 0 Å². The second-order valence-electron chi connectivity index (χ2n) is 6.82. The molecular weight excluding hydrogens is 408 g/mol. The summed E-state index contributed by atoms with van der Waals surface area (Å²) in [6.45, 7) is 0.576. The van der Waals surface area contributed by atoms with Gasteiger partial charge in [-0.1, -0.05) is 48.6 Å². The lowest BCUT2D eigenvalue weighted by Crippen LogP contribution is -2.03. The van der Waals surface area contributed by atoms with Crippen molar-refractivity contribution in [2.75, 3.05) is 35.2 Å². The van der Waals surface area contributed by atoms with E-state index in [1.165, 1.54) is 0 Å². The van der Waals surface area contributed by atoms with Gasteiger partial charge in [-0.25, -0.2) is 0 Å². The molecule has 3 aromatic carbocycles. The summed E-state index contributed by atoms with van der Waals surface area (Å²) in [6, 6.07) is 19.5. The first kappa shape index (κ1) is 23.0. The van der Waals surface area contributed by atoms with Crippen molar-refractivity contribution in [3.05, 3.63) is 77.4 Å². The zero-order valence-corrected chi connectivity index (χ0v) is 18.8. The highest BCUT2D eigenvalue weighted by Gasteiger charge is 2.12. The fourth-order valence-corrected chi connectivity index (χ4v) is 3.11. The van der Waals surface area contributed by atoms with Gasteiger partial charge in [-0.05, 0) is 41.0 Å². The minimum atomic E-state index is 0.127. The molecule has 0 aliphatic heterocycles. The van der Waals surface area contributed by atoms with E-state index in [4.69, 9.17) is 28.4 Å². The van der Waals surface area contributed by atoms with Crippen LogP contribution in [0.3, 0.4) is 0 Å². The van der Waals surface area contributed by atoms with Gasteiger partial charge in [-0.15, -0.1) is 0 Å². The van der Waals surface area contributed by atoms with Crippen molar-refractivity contribution in [1.82, 2.24) is 0 Å². The highest BCUT2D eigenvalue weighted by Crippen LogP contribution is 2.38. The lowest BCUT2D eigenvalue weighted by Gasteiger charge is -2.14. The fraction of sp³-hybridized carbons (Fsp3) is 0.231. The minimum absolute atomic E-state index is 0.127. The monoisotopic (exact) mass is 436 g/mol. The smallest absolute Gasteiger partial charge is 0.203 e. The van der Waals surface area contributed by atoms with Crippen molar-refractivity contribution in [3.8, 4) is 28.7 Å². The van der Waals surface area contributed by atoms with Crippen molar-refractivity contribution < 1.29 is 28.4 Å². The highest BCUT2D eigenvalue weighted by atomic mass is 16.7. The number of ether oxygens (including phenoxy) is 6. The van der Waals surface area contributed by atoms with E-state index in [1.54, 1.807) is 28.4 Å². The fourth-order valence-electron chi connectivity index (χ4n) is 3.11. The van der Waals surface area contributed by atoms with E-state index >= 15 is 0 Å². The summed E-state index contributed by atoms with van der Waals surface area (Å²) in [4.78, 5) is 0. The van der Waals surface area contributed by atoms with Gasteiger partial charge in [-0.3, -0.25) is 0 Å². The van der Waals surface area contributed by atoms with Crippen LogP contribution in [0, 0.1) is 0 Å². The Kier molecular flexibility index (Phi) is 8.40. The van der Waals surface area contributed by atoms with Gasteiger partial charge in [0.1, 0.15) is 6.61 Å². The van der Waals surface area contributed by atoms with Gasteiger partial charge in [0, 0.05) is 7.11 Å². The molecule has 0 heterocycles. The summed E-state index contributed by atoms with van der Waals surface area (Å²) in [6.07, 6.45) is 3.94. The van der Waals surface area contributed by atoms with Gasteiger partial charge in [0.15, 0.2) is 29.8 Å². The first-order valence-electron chi connectivity index (χ1n) is 10.1. The van der Waals surface area contributed by atoms with Gasteiger partial charge in [0.2, 0.25) is 5.75 Å². The molecule has 0 saturated carbocycles. The molecule has 0 N–H and O–H groups in total. The Labute approximate surface area is 188 Å². The molecule has 3 aromatic rings. The van der Waals surface area contributed by atoms with E-state index in [2.05, 4.69) is 0 Å². The maximum atomic E-state index is 5.97. The van der Waals surface area contributed by atoms with E-state index in [9.17, 15) is 0 Å². The maximum absolute atomic E-state index is 5.97. The van der Waals surface area contributed by atoms with Crippen LogP contribution in [-0.2, 0) is 11.3 Å². The molecule has 32 heavy (non-hydrogen) atoms. The first-order valence-corrected chi connectivity index (χ1v) is 10.1. The Bertz CT molecular complexity index is 1000. The third-order valence-electron chi connectivity index (χ3n) is 4.69. The normalized spacial score (nSPS) is 10.8. The molecule has 0 spiro atoms. The molecule has 3 rings (SSSR count). The van der Waals surface area contributed by atoms with Gasteiger partial charge >= 0.3 is 0 Å². The Balaban J connectivity index is 1.82. The van der Waals surface area contributed by atoms with E-state index in [-0.39, 0.29) is 6.79 Å². The number of methoxy groups -OCH3 is 4. The molecule has 0 aliphatic carbocycles. The molecule has 6 heteroatoms. The summed E-state index contributed by atoms with van der Waals surface area (Å²) < 4.78 is 33.0. The number of rotatable bonds is 11. The predicted molar refractivity (Wildman–Crippen MR) is 125 cm³/mol. The van der Waals surface area contributed by atoms with Crippen LogP contribution in [0.4, 0.5) is 0 Å². The number of benzene rings is 3. The van der Waals surface area contributed by atoms with Crippen LogP contribution >= 0.6 is 0 Å². The number of hydrogen-bond donors (Lipinski definition) is 0. The quantitative estimate of drug-likeness (QED) is 0.295. The predicted octanol–water partition coefficient (Wildman–Crippen LogP) is 5.44. The second kappa shape index (κ2) is 11.7. The topological polar surface area (TPSA) is 55.4 Å². The molecule has 0 saturated heterocycles. The van der Waals surface area contributed by atoms with Gasteiger partial charge in [0.05, 0.1) is 21.3 Å². The molecule has 0 aliphatic rings. The largest absolute Gasteiger partial charge is 0.493 e. The SMILES string of the molecule is COCOc1cc(/C=C\c2cc(OC)c(OC)c(OC)c2)ccc1OCc1ccccc1. The van der Waals surface area contributed by atoms with Crippen LogP contribution in [-0.4, -0.2) is 35.2 Å². The van der Waals surface area contributed by atoms with Crippen molar-refractivity contribution in [3.63, 3.8) is 0 Å². The molecule has 168 valence electrons. The van der Waals surface area contributed by atoms with Gasteiger partial charge < -0.3 is 28.4 Å². The third kappa shape index (κ3) is 5.95. The summed E-state index contributed by atoms with van der Waals surface area (Å²) in [5.74, 6) is 3.01. The molecular formula is C26H28O6. The zero-order chi connectivity index (χ0) is 22.8. The average molecular weight is 437 g/mol. The zero-order valence-electron chi connectivity index (χ0n) is 18.8. The standard InChI is InChI=1S/C26H28O6/c1-27-18-32-23-14-19(12-13-22(23)31-17-20-8-6-5-7-9-20)10-11-21-15-24(28-2)26(30-4)25(16-21)29-3/h5-16H,17-18H2,1-4H3/b11-10-. The first-order chi connectivity index (χ1) is 15.7. The van der Waals surface area contributed by atoms with Crippen molar-refractivity contribution >= 4 is 12.2 Å². The van der Waals surface area contributed by atoms with Crippen molar-refractivity contribution in [1.29, 1.82) is 0 Å². The second-order valence-corrected chi connectivity index (χ2v) is 6.82.